The molecule has 9 nitrogen and oxygen atoms in total. The summed E-state index contributed by atoms with van der Waals surface area (Å²) in [6.45, 7) is 5.36. The number of H-pyrrole nitrogens is 1. The zero-order valence-electron chi connectivity index (χ0n) is 17.4. The number of rotatable bonds is 5. The van der Waals surface area contributed by atoms with Crippen LogP contribution in [0.1, 0.15) is 40.3 Å². The minimum atomic E-state index is -0.882. The molecule has 1 heterocycles. The Kier molecular flexibility index (Phi) is 6.44. The molecule has 3 aromatic rings. The number of amides is 3. The van der Waals surface area contributed by atoms with Gasteiger partial charge in [-0.15, -0.1) is 0 Å². The molecule has 0 aliphatic heterocycles. The molecule has 0 saturated heterocycles. The predicted octanol–water partition coefficient (Wildman–Crippen LogP) is 1.45. The number of aryl methyl sites for hydroxylation is 1. The number of hydrogen-bond donors (Lipinski definition) is 4. The molecule has 3 rings (SSSR count). The molecule has 160 valence electrons. The van der Waals surface area contributed by atoms with Crippen LogP contribution in [0.4, 0.5) is 0 Å². The van der Waals surface area contributed by atoms with E-state index in [1.54, 1.807) is 63.2 Å². The zero-order chi connectivity index (χ0) is 22.5. The summed E-state index contributed by atoms with van der Waals surface area (Å²) < 4.78 is 0. The number of carbonyl (C=O) groups excluding carboxylic acids is 3. The number of hydrazine groups is 1. The zero-order valence-corrected chi connectivity index (χ0v) is 17.4. The number of carbonyl (C=O) groups is 3. The maximum absolute atomic E-state index is 12.7. The van der Waals surface area contributed by atoms with E-state index < -0.39 is 23.4 Å². The maximum Gasteiger partial charge on any atom is 0.290 e. The van der Waals surface area contributed by atoms with E-state index in [4.69, 9.17) is 0 Å². The van der Waals surface area contributed by atoms with Gasteiger partial charge in [-0.2, -0.15) is 5.10 Å². The molecule has 0 spiro atoms. The molecule has 0 aliphatic rings. The third-order valence-electron chi connectivity index (χ3n) is 4.84. The van der Waals surface area contributed by atoms with Gasteiger partial charge in [0.15, 0.2) is 5.69 Å². The number of aromatic amines is 1. The van der Waals surface area contributed by atoms with Gasteiger partial charge < -0.3 is 5.32 Å². The molecule has 1 atom stereocenters. The van der Waals surface area contributed by atoms with Crippen molar-refractivity contribution in [2.45, 2.75) is 26.8 Å². The SMILES string of the molecule is Cc1ccccc1C(=O)N[C@H](C(=O)NNC(=O)c1n[nH]c(=O)c2ccccc12)C(C)C. The first kappa shape index (κ1) is 21.7. The van der Waals surface area contributed by atoms with Crippen LogP contribution in [0, 0.1) is 12.8 Å². The third-order valence-corrected chi connectivity index (χ3v) is 4.84. The molecule has 3 amide bonds. The van der Waals surface area contributed by atoms with Gasteiger partial charge in [-0.05, 0) is 30.5 Å². The van der Waals surface area contributed by atoms with Gasteiger partial charge in [0.1, 0.15) is 6.04 Å². The van der Waals surface area contributed by atoms with Crippen LogP contribution in [0.3, 0.4) is 0 Å². The molecule has 31 heavy (non-hydrogen) atoms. The van der Waals surface area contributed by atoms with E-state index in [2.05, 4.69) is 26.4 Å². The van der Waals surface area contributed by atoms with Crippen molar-refractivity contribution in [1.29, 1.82) is 0 Å². The number of nitrogens with one attached hydrogen (secondary N) is 4. The lowest BCUT2D eigenvalue weighted by Gasteiger charge is -2.22. The number of fused-ring (bicyclic) bond motifs is 1. The summed E-state index contributed by atoms with van der Waals surface area (Å²) in [6.07, 6.45) is 0. The van der Waals surface area contributed by atoms with E-state index in [0.717, 1.165) is 5.56 Å². The van der Waals surface area contributed by atoms with Crippen LogP contribution >= 0.6 is 0 Å². The highest BCUT2D eigenvalue weighted by atomic mass is 16.2. The quantitative estimate of drug-likeness (QED) is 0.463. The first-order chi connectivity index (χ1) is 14.8. The lowest BCUT2D eigenvalue weighted by Crippen LogP contribution is -2.54. The van der Waals surface area contributed by atoms with Gasteiger partial charge in [-0.3, -0.25) is 30.0 Å². The van der Waals surface area contributed by atoms with Crippen LogP contribution in [-0.4, -0.2) is 34.0 Å². The molecule has 0 aliphatic carbocycles. The number of hydrogen-bond acceptors (Lipinski definition) is 5. The topological polar surface area (TPSA) is 133 Å². The highest BCUT2D eigenvalue weighted by Crippen LogP contribution is 2.12. The highest BCUT2D eigenvalue weighted by molar-refractivity contribution is 6.05. The van der Waals surface area contributed by atoms with Gasteiger partial charge in [0.2, 0.25) is 0 Å². The normalized spacial score (nSPS) is 11.7. The predicted molar refractivity (Wildman–Crippen MR) is 115 cm³/mol. The summed E-state index contributed by atoms with van der Waals surface area (Å²) >= 11 is 0. The van der Waals surface area contributed by atoms with E-state index in [1.807, 2.05) is 6.07 Å². The lowest BCUT2D eigenvalue weighted by molar-refractivity contribution is -0.124. The van der Waals surface area contributed by atoms with Crippen LogP contribution in [0.2, 0.25) is 0 Å². The van der Waals surface area contributed by atoms with Crippen LogP contribution in [0.5, 0.6) is 0 Å². The molecule has 9 heteroatoms. The second-order valence-corrected chi connectivity index (χ2v) is 7.40. The molecule has 0 bridgehead atoms. The Labute approximate surface area is 178 Å². The van der Waals surface area contributed by atoms with Crippen LogP contribution < -0.4 is 21.7 Å². The van der Waals surface area contributed by atoms with Crippen molar-refractivity contribution in [1.82, 2.24) is 26.4 Å². The maximum atomic E-state index is 12.7. The highest BCUT2D eigenvalue weighted by Gasteiger charge is 2.26. The molecule has 0 unspecified atom stereocenters. The average Bonchev–Trinajstić information content (AvgIpc) is 2.76. The van der Waals surface area contributed by atoms with Crippen molar-refractivity contribution < 1.29 is 14.4 Å². The van der Waals surface area contributed by atoms with E-state index in [-0.39, 0.29) is 17.5 Å². The Balaban J connectivity index is 1.71. The first-order valence-electron chi connectivity index (χ1n) is 9.73. The number of benzene rings is 2. The molecule has 1 aromatic heterocycles. The van der Waals surface area contributed by atoms with Gasteiger partial charge in [0, 0.05) is 10.9 Å². The largest absolute Gasteiger partial charge is 0.340 e. The summed E-state index contributed by atoms with van der Waals surface area (Å²) in [5.41, 5.74) is 5.41. The van der Waals surface area contributed by atoms with Gasteiger partial charge in [0.05, 0.1) is 5.39 Å². The number of aromatic nitrogens is 2. The Hall–Kier alpha value is -4.01. The fourth-order valence-corrected chi connectivity index (χ4v) is 3.12. The van der Waals surface area contributed by atoms with Crippen molar-refractivity contribution in [2.24, 2.45) is 5.92 Å². The van der Waals surface area contributed by atoms with Gasteiger partial charge in [-0.1, -0.05) is 50.2 Å². The smallest absolute Gasteiger partial charge is 0.290 e. The minimum absolute atomic E-state index is 0.0412. The van der Waals surface area contributed by atoms with Gasteiger partial charge in [-0.25, -0.2) is 5.10 Å². The van der Waals surface area contributed by atoms with Crippen LogP contribution in [0.15, 0.2) is 53.3 Å². The van der Waals surface area contributed by atoms with Crippen molar-refractivity contribution in [2.75, 3.05) is 0 Å². The second kappa shape index (κ2) is 9.21. The van der Waals surface area contributed by atoms with Crippen molar-refractivity contribution >= 4 is 28.5 Å². The fourth-order valence-electron chi connectivity index (χ4n) is 3.12. The van der Waals surface area contributed by atoms with Crippen molar-refractivity contribution in [3.63, 3.8) is 0 Å². The van der Waals surface area contributed by atoms with E-state index in [9.17, 15) is 19.2 Å². The number of nitrogens with zero attached hydrogens (tertiary/aromatic N) is 1. The Morgan fingerprint density at radius 3 is 2.23 bits per heavy atom. The molecule has 0 saturated carbocycles. The Bertz CT molecular complexity index is 1200. The van der Waals surface area contributed by atoms with E-state index in [1.165, 1.54) is 0 Å². The van der Waals surface area contributed by atoms with E-state index >= 15 is 0 Å². The Morgan fingerprint density at radius 1 is 0.903 bits per heavy atom. The Morgan fingerprint density at radius 2 is 1.55 bits per heavy atom. The molecule has 4 N–H and O–H groups in total. The second-order valence-electron chi connectivity index (χ2n) is 7.40. The molecule has 0 fully saturated rings. The van der Waals surface area contributed by atoms with Crippen molar-refractivity contribution in [3.05, 3.63) is 75.7 Å². The molecular formula is C22H23N5O4. The summed E-state index contributed by atoms with van der Waals surface area (Å²) in [5, 5.41) is 9.42. The van der Waals surface area contributed by atoms with Crippen LogP contribution in [0.25, 0.3) is 10.8 Å². The monoisotopic (exact) mass is 421 g/mol. The summed E-state index contributed by atoms with van der Waals surface area (Å²) in [7, 11) is 0. The van der Waals surface area contributed by atoms with Gasteiger partial charge >= 0.3 is 0 Å². The van der Waals surface area contributed by atoms with Crippen molar-refractivity contribution in [3.8, 4) is 0 Å². The standard InChI is InChI=1S/C22H23N5O4/c1-12(2)17(23-19(28)14-9-5-4-8-13(14)3)21(30)26-27-22(31)18-15-10-6-7-11-16(15)20(29)25-24-18/h4-12,17H,1-3H3,(H,23,28)(H,25,29)(H,26,30)(H,27,31)/t17-/m0/s1. The molecule has 2 aromatic carbocycles. The summed E-state index contributed by atoms with van der Waals surface area (Å²) in [4.78, 5) is 49.7. The first-order valence-corrected chi connectivity index (χ1v) is 9.73. The van der Waals surface area contributed by atoms with E-state index in [0.29, 0.717) is 16.3 Å². The lowest BCUT2D eigenvalue weighted by atomic mass is 10.0. The molecule has 0 radical (unpaired) electrons. The average molecular weight is 421 g/mol. The third kappa shape index (κ3) is 4.77. The van der Waals surface area contributed by atoms with Crippen LogP contribution in [-0.2, 0) is 4.79 Å². The fraction of sp³-hybridized carbons (Fsp3) is 0.227. The van der Waals surface area contributed by atoms with Gasteiger partial charge in [0.25, 0.3) is 23.3 Å². The molecular weight excluding hydrogens is 398 g/mol. The summed E-state index contributed by atoms with van der Waals surface area (Å²) in [6, 6.07) is 12.7. The minimum Gasteiger partial charge on any atom is -0.340 e. The summed E-state index contributed by atoms with van der Waals surface area (Å²) in [5.74, 6) is -1.91.